The summed E-state index contributed by atoms with van der Waals surface area (Å²) in [7, 11) is 7.71. The first-order valence-corrected chi connectivity index (χ1v) is 9.83. The standard InChI is InChI=1S/C20H19BCl2N4O3/c1-10(2)27-16(21)7-13(20(29)30)18(27)17(14-5-4-11(22)8-24-14)25-15-6-12(23)9-26(3)19(15)28/h4-10,17,25H,1-3H3,(H,29,30). The average molecular weight is 445 g/mol. The molecule has 2 radical (unpaired) electrons. The molecule has 0 bridgehead atoms. The molecule has 154 valence electrons. The Labute approximate surface area is 184 Å². The van der Waals surface area contributed by atoms with Gasteiger partial charge in [-0.2, -0.15) is 0 Å². The summed E-state index contributed by atoms with van der Waals surface area (Å²) in [4.78, 5) is 29.0. The first-order chi connectivity index (χ1) is 14.1. The second kappa shape index (κ2) is 8.57. The zero-order valence-electron chi connectivity index (χ0n) is 16.6. The number of nitrogens with zero attached hydrogens (tertiary/aromatic N) is 3. The summed E-state index contributed by atoms with van der Waals surface area (Å²) in [6.45, 7) is 3.77. The van der Waals surface area contributed by atoms with E-state index in [0.717, 1.165) is 0 Å². The van der Waals surface area contributed by atoms with Crippen LogP contribution in [-0.2, 0) is 7.05 Å². The van der Waals surface area contributed by atoms with Crippen LogP contribution in [0, 0.1) is 0 Å². The highest BCUT2D eigenvalue weighted by Gasteiger charge is 2.29. The minimum absolute atomic E-state index is 0.00861. The predicted octanol–water partition coefficient (Wildman–Crippen LogP) is 3.16. The molecule has 1 unspecified atom stereocenters. The van der Waals surface area contributed by atoms with E-state index in [1.165, 1.54) is 29.1 Å². The second-order valence-corrected chi connectivity index (χ2v) is 7.98. The Morgan fingerprint density at radius 1 is 1.23 bits per heavy atom. The number of nitrogens with one attached hydrogen (secondary N) is 1. The molecule has 1 atom stereocenters. The van der Waals surface area contributed by atoms with Crippen LogP contribution in [0.25, 0.3) is 0 Å². The number of aromatic nitrogens is 3. The molecule has 0 aromatic carbocycles. The smallest absolute Gasteiger partial charge is 0.337 e. The summed E-state index contributed by atoms with van der Waals surface area (Å²) in [5.41, 5.74) is 0.992. The molecule has 0 saturated carbocycles. The fourth-order valence-corrected chi connectivity index (χ4v) is 3.74. The number of halogens is 2. The number of pyridine rings is 2. The Hall–Kier alpha value is -2.71. The van der Waals surface area contributed by atoms with Crippen molar-refractivity contribution in [2.75, 3.05) is 5.32 Å². The monoisotopic (exact) mass is 444 g/mol. The molecule has 2 N–H and O–H groups in total. The number of aryl methyl sites for hydroxylation is 1. The van der Waals surface area contributed by atoms with Crippen molar-refractivity contribution in [1.82, 2.24) is 14.1 Å². The molecule has 30 heavy (non-hydrogen) atoms. The van der Waals surface area contributed by atoms with Crippen LogP contribution in [0.2, 0.25) is 10.0 Å². The van der Waals surface area contributed by atoms with Crippen molar-refractivity contribution in [2.24, 2.45) is 7.05 Å². The first-order valence-electron chi connectivity index (χ1n) is 9.08. The molecule has 10 heteroatoms. The van der Waals surface area contributed by atoms with E-state index in [2.05, 4.69) is 10.3 Å². The van der Waals surface area contributed by atoms with Crippen molar-refractivity contribution in [3.8, 4) is 0 Å². The molecule has 0 aliphatic heterocycles. The maximum absolute atomic E-state index is 12.7. The van der Waals surface area contributed by atoms with Gasteiger partial charge in [-0.3, -0.25) is 9.78 Å². The third-order valence-electron chi connectivity index (χ3n) is 4.62. The van der Waals surface area contributed by atoms with Gasteiger partial charge in [0.25, 0.3) is 5.56 Å². The largest absolute Gasteiger partial charge is 0.478 e. The number of rotatable bonds is 6. The quantitative estimate of drug-likeness (QED) is 0.570. The Balaban J connectivity index is 2.28. The summed E-state index contributed by atoms with van der Waals surface area (Å²) in [6, 6.07) is 5.24. The van der Waals surface area contributed by atoms with Gasteiger partial charge in [-0.25, -0.2) is 4.79 Å². The lowest BCUT2D eigenvalue weighted by Gasteiger charge is -2.25. The molecule has 0 fully saturated rings. The van der Waals surface area contributed by atoms with E-state index in [0.29, 0.717) is 21.4 Å². The number of carboxylic acid groups (broad SMARTS) is 1. The van der Waals surface area contributed by atoms with Crippen LogP contribution in [0.15, 0.2) is 41.5 Å². The summed E-state index contributed by atoms with van der Waals surface area (Å²) >= 11 is 12.1. The third-order valence-corrected chi connectivity index (χ3v) is 5.05. The van der Waals surface area contributed by atoms with Gasteiger partial charge in [0.15, 0.2) is 0 Å². The zero-order chi connectivity index (χ0) is 22.2. The van der Waals surface area contributed by atoms with E-state index < -0.39 is 12.0 Å². The number of carboxylic acids is 1. The molecule has 0 aliphatic rings. The summed E-state index contributed by atoms with van der Waals surface area (Å²) in [6.07, 6.45) is 2.94. The van der Waals surface area contributed by atoms with Crippen LogP contribution >= 0.6 is 23.2 Å². The normalized spacial score (nSPS) is 12.2. The highest BCUT2D eigenvalue weighted by Crippen LogP contribution is 2.30. The molecule has 3 rings (SSSR count). The molecule has 0 amide bonds. The molecule has 0 aliphatic carbocycles. The van der Waals surface area contributed by atoms with E-state index in [9.17, 15) is 14.7 Å². The minimum Gasteiger partial charge on any atom is -0.478 e. The van der Waals surface area contributed by atoms with Gasteiger partial charge in [0.05, 0.1) is 27.0 Å². The van der Waals surface area contributed by atoms with Crippen molar-refractivity contribution in [2.45, 2.75) is 25.9 Å². The van der Waals surface area contributed by atoms with E-state index in [4.69, 9.17) is 31.0 Å². The van der Waals surface area contributed by atoms with Gasteiger partial charge in [-0.05, 0) is 43.7 Å². The number of hydrogen-bond acceptors (Lipinski definition) is 4. The zero-order valence-corrected chi connectivity index (χ0v) is 18.1. The molecular formula is C20H19BCl2N4O3. The van der Waals surface area contributed by atoms with Gasteiger partial charge in [-0.15, -0.1) is 0 Å². The fourth-order valence-electron chi connectivity index (χ4n) is 3.37. The number of carbonyl (C=O) groups is 1. The van der Waals surface area contributed by atoms with Crippen molar-refractivity contribution in [3.05, 3.63) is 74.0 Å². The Morgan fingerprint density at radius 2 is 1.93 bits per heavy atom. The predicted molar refractivity (Wildman–Crippen MR) is 119 cm³/mol. The Kier molecular flexibility index (Phi) is 6.29. The van der Waals surface area contributed by atoms with Crippen molar-refractivity contribution in [3.63, 3.8) is 0 Å². The van der Waals surface area contributed by atoms with Crippen LogP contribution < -0.4 is 16.5 Å². The lowest BCUT2D eigenvalue weighted by molar-refractivity contribution is 0.0695. The van der Waals surface area contributed by atoms with E-state index in [-0.39, 0.29) is 28.4 Å². The molecule has 3 aromatic rings. The summed E-state index contributed by atoms with van der Waals surface area (Å²) in [5, 5.41) is 13.7. The van der Waals surface area contributed by atoms with Crippen LogP contribution in [-0.4, -0.2) is 33.0 Å². The van der Waals surface area contributed by atoms with Crippen molar-refractivity contribution >= 4 is 48.3 Å². The minimum atomic E-state index is -1.14. The number of aromatic carboxylic acids is 1. The van der Waals surface area contributed by atoms with Crippen LogP contribution in [0.5, 0.6) is 0 Å². The third kappa shape index (κ3) is 4.25. The van der Waals surface area contributed by atoms with Gasteiger partial charge >= 0.3 is 5.97 Å². The second-order valence-electron chi connectivity index (χ2n) is 7.10. The average Bonchev–Trinajstić information content (AvgIpc) is 3.01. The lowest BCUT2D eigenvalue weighted by Crippen LogP contribution is -2.29. The number of hydrogen-bond donors (Lipinski definition) is 2. The van der Waals surface area contributed by atoms with Crippen LogP contribution in [0.3, 0.4) is 0 Å². The van der Waals surface area contributed by atoms with Crippen molar-refractivity contribution < 1.29 is 9.90 Å². The highest BCUT2D eigenvalue weighted by atomic mass is 35.5. The van der Waals surface area contributed by atoms with E-state index in [1.807, 2.05) is 13.8 Å². The molecule has 7 nitrogen and oxygen atoms in total. The fraction of sp³-hybridized carbons (Fsp3) is 0.250. The molecule has 3 heterocycles. The van der Waals surface area contributed by atoms with Gasteiger partial charge in [0.2, 0.25) is 0 Å². The van der Waals surface area contributed by atoms with Gasteiger partial charge in [0.1, 0.15) is 19.6 Å². The van der Waals surface area contributed by atoms with Gasteiger partial charge in [-0.1, -0.05) is 23.2 Å². The van der Waals surface area contributed by atoms with Crippen LogP contribution in [0.1, 0.15) is 47.7 Å². The molecular weight excluding hydrogens is 426 g/mol. The first kappa shape index (κ1) is 22.0. The SMILES string of the molecule is [B]c1cc(C(=O)O)c(C(Nc2cc(Cl)cn(C)c2=O)c2ccc(Cl)cn2)n1C(C)C. The van der Waals surface area contributed by atoms with E-state index >= 15 is 0 Å². The lowest BCUT2D eigenvalue weighted by atomic mass is 10.0. The van der Waals surface area contributed by atoms with Gasteiger partial charge in [0, 0.05) is 25.5 Å². The maximum Gasteiger partial charge on any atom is 0.337 e. The molecule has 0 saturated heterocycles. The summed E-state index contributed by atoms with van der Waals surface area (Å²) in [5.74, 6) is -1.14. The van der Waals surface area contributed by atoms with Crippen LogP contribution in [0.4, 0.5) is 5.69 Å². The van der Waals surface area contributed by atoms with E-state index in [1.54, 1.807) is 23.7 Å². The topological polar surface area (TPSA) is 89.2 Å². The maximum atomic E-state index is 12.7. The van der Waals surface area contributed by atoms with Crippen molar-refractivity contribution in [1.29, 1.82) is 0 Å². The Morgan fingerprint density at radius 3 is 2.50 bits per heavy atom. The Bertz CT molecular complexity index is 1160. The molecule has 0 spiro atoms. The molecule has 3 aromatic heterocycles. The van der Waals surface area contributed by atoms with Gasteiger partial charge < -0.3 is 19.6 Å². The summed E-state index contributed by atoms with van der Waals surface area (Å²) < 4.78 is 3.04. The number of anilines is 1. The highest BCUT2D eigenvalue weighted by molar-refractivity contribution is 6.32.